The zero-order chi connectivity index (χ0) is 25.2. The maximum absolute atomic E-state index is 15.2. The molecular weight excluding hydrogens is 470 g/mol. The summed E-state index contributed by atoms with van der Waals surface area (Å²) in [6.07, 6.45) is 0.0139. The first kappa shape index (κ1) is 25.4. The van der Waals surface area contributed by atoms with E-state index in [1.807, 2.05) is 6.92 Å². The van der Waals surface area contributed by atoms with Crippen LogP contribution in [0, 0.1) is 11.6 Å². The van der Waals surface area contributed by atoms with Crippen LogP contribution in [-0.2, 0) is 7.05 Å². The van der Waals surface area contributed by atoms with E-state index < -0.39 is 29.3 Å². The Hall–Kier alpha value is -3.24. The molecule has 1 aromatic heterocycles. The van der Waals surface area contributed by atoms with Crippen molar-refractivity contribution in [3.05, 3.63) is 68.9 Å². The Morgan fingerprint density at radius 3 is 2.56 bits per heavy atom. The number of nitrogens with zero attached hydrogens (tertiary/aromatic N) is 3. The van der Waals surface area contributed by atoms with Crippen molar-refractivity contribution in [2.75, 3.05) is 5.32 Å². The van der Waals surface area contributed by atoms with E-state index in [4.69, 9.17) is 16.3 Å². The van der Waals surface area contributed by atoms with E-state index in [2.05, 4.69) is 10.4 Å². The summed E-state index contributed by atoms with van der Waals surface area (Å²) < 4.78 is 37.1. The summed E-state index contributed by atoms with van der Waals surface area (Å²) in [5.41, 5.74) is -1.44. The number of ether oxygens (including phenoxy) is 1. The van der Waals surface area contributed by atoms with Gasteiger partial charge in [-0.2, -0.15) is 4.68 Å². The lowest BCUT2D eigenvalue weighted by Crippen LogP contribution is -2.24. The molecule has 0 saturated carbocycles. The molecule has 2 unspecified atom stereocenters. The number of aromatic nitrogens is 3. The number of nitrogens with one attached hydrogen (secondary N) is 1. The second-order valence-corrected chi connectivity index (χ2v) is 8.26. The highest BCUT2D eigenvalue weighted by molar-refractivity contribution is 6.34. The lowest BCUT2D eigenvalue weighted by Gasteiger charge is -2.18. The molecule has 0 bridgehead atoms. The van der Waals surface area contributed by atoms with Crippen molar-refractivity contribution in [3.63, 3.8) is 0 Å². The number of aliphatic hydroxyl groups excluding tert-OH is 1. The van der Waals surface area contributed by atoms with Crippen LogP contribution in [0.15, 0.2) is 35.1 Å². The van der Waals surface area contributed by atoms with Gasteiger partial charge in [-0.05, 0) is 38.5 Å². The average molecular weight is 495 g/mol. The fourth-order valence-corrected chi connectivity index (χ4v) is 3.64. The number of rotatable bonds is 8. The Kier molecular flexibility index (Phi) is 7.73. The molecule has 3 aromatic rings. The van der Waals surface area contributed by atoms with Gasteiger partial charge in [0.2, 0.25) is 0 Å². The molecule has 11 heteroatoms. The topological polar surface area (TPSA) is 98.4 Å². The Bertz CT molecular complexity index is 1250. The van der Waals surface area contributed by atoms with Crippen molar-refractivity contribution in [1.29, 1.82) is 0 Å². The van der Waals surface area contributed by atoms with Gasteiger partial charge in [0, 0.05) is 13.1 Å². The molecule has 2 aromatic carbocycles. The molecule has 2 atom stereocenters. The number of hydrogen-bond donors (Lipinski definition) is 2. The fraction of sp³-hybridized carbons (Fsp3) is 0.348. The molecule has 0 radical (unpaired) electrons. The standard InChI is InChI=1S/C23H25ClF2N4O4/c1-5-7-12(2)34-19-11-18(30-23(33)29(4)21(28-30)13(3)31)17(26)10-14(19)22(32)27-20-15(24)8-6-9-16(20)25/h6,8-13,31H,5,7H2,1-4H3,(H,27,32). The zero-order valence-electron chi connectivity index (χ0n) is 19.1. The Morgan fingerprint density at radius 1 is 1.26 bits per heavy atom. The van der Waals surface area contributed by atoms with Crippen LogP contribution in [0.3, 0.4) is 0 Å². The Labute approximate surface area is 199 Å². The number of anilines is 1. The van der Waals surface area contributed by atoms with Gasteiger partial charge >= 0.3 is 5.69 Å². The quantitative estimate of drug-likeness (QED) is 0.484. The number of aliphatic hydroxyl groups is 1. The van der Waals surface area contributed by atoms with Gasteiger partial charge < -0.3 is 15.2 Å². The summed E-state index contributed by atoms with van der Waals surface area (Å²) >= 11 is 5.99. The molecule has 3 rings (SSSR count). The third-order valence-corrected chi connectivity index (χ3v) is 5.45. The van der Waals surface area contributed by atoms with Crippen LogP contribution in [0.5, 0.6) is 5.75 Å². The largest absolute Gasteiger partial charge is 0.490 e. The van der Waals surface area contributed by atoms with Crippen molar-refractivity contribution >= 4 is 23.2 Å². The highest BCUT2D eigenvalue weighted by Gasteiger charge is 2.24. The highest BCUT2D eigenvalue weighted by atomic mass is 35.5. The van der Waals surface area contributed by atoms with E-state index in [1.54, 1.807) is 6.92 Å². The van der Waals surface area contributed by atoms with Crippen LogP contribution in [0.2, 0.25) is 5.02 Å². The summed E-state index contributed by atoms with van der Waals surface area (Å²) in [5.74, 6) is -2.56. The van der Waals surface area contributed by atoms with E-state index >= 15 is 4.39 Å². The molecule has 1 amide bonds. The minimum absolute atomic E-state index is 0.0292. The molecule has 2 N–H and O–H groups in total. The van der Waals surface area contributed by atoms with E-state index in [-0.39, 0.29) is 39.6 Å². The normalized spacial score (nSPS) is 12.9. The van der Waals surface area contributed by atoms with Crippen LogP contribution >= 0.6 is 11.6 Å². The summed E-state index contributed by atoms with van der Waals surface area (Å²) in [7, 11) is 1.40. The van der Waals surface area contributed by atoms with Crippen LogP contribution in [-0.4, -0.2) is 31.5 Å². The molecule has 1 heterocycles. The predicted octanol–water partition coefficient (Wildman–Crippen LogP) is 4.38. The van der Waals surface area contributed by atoms with Gasteiger partial charge in [0.25, 0.3) is 5.91 Å². The number of carbonyl (C=O) groups is 1. The third-order valence-electron chi connectivity index (χ3n) is 5.13. The maximum Gasteiger partial charge on any atom is 0.350 e. The Morgan fingerprint density at radius 2 is 1.97 bits per heavy atom. The number of carbonyl (C=O) groups excluding carboxylic acids is 1. The molecule has 0 fully saturated rings. The lowest BCUT2D eigenvalue weighted by molar-refractivity contribution is 0.101. The van der Waals surface area contributed by atoms with Crippen molar-refractivity contribution in [3.8, 4) is 11.4 Å². The Balaban J connectivity index is 2.12. The van der Waals surface area contributed by atoms with Crippen molar-refractivity contribution in [2.45, 2.75) is 45.8 Å². The second-order valence-electron chi connectivity index (χ2n) is 7.86. The lowest BCUT2D eigenvalue weighted by atomic mass is 10.1. The molecule has 0 aliphatic heterocycles. The number of hydrogen-bond acceptors (Lipinski definition) is 5. The van der Waals surface area contributed by atoms with Gasteiger partial charge in [-0.3, -0.25) is 9.36 Å². The molecule has 0 spiro atoms. The first-order chi connectivity index (χ1) is 16.0. The van der Waals surface area contributed by atoms with Gasteiger partial charge in [-0.15, -0.1) is 5.10 Å². The summed E-state index contributed by atoms with van der Waals surface area (Å²) in [5, 5.41) is 16.2. The minimum Gasteiger partial charge on any atom is -0.490 e. The number of halogens is 3. The molecule has 182 valence electrons. The molecule has 0 saturated heterocycles. The van der Waals surface area contributed by atoms with Gasteiger partial charge in [-0.25, -0.2) is 13.6 Å². The van der Waals surface area contributed by atoms with Gasteiger partial charge in [-0.1, -0.05) is 31.0 Å². The molecule has 0 aliphatic rings. The molecule has 0 aliphatic carbocycles. The summed E-state index contributed by atoms with van der Waals surface area (Å²) in [6.45, 7) is 5.15. The average Bonchev–Trinajstić information content (AvgIpc) is 3.06. The smallest absolute Gasteiger partial charge is 0.350 e. The predicted molar refractivity (Wildman–Crippen MR) is 124 cm³/mol. The second kappa shape index (κ2) is 10.4. The highest BCUT2D eigenvalue weighted by Crippen LogP contribution is 2.30. The first-order valence-electron chi connectivity index (χ1n) is 10.6. The third kappa shape index (κ3) is 5.13. The van der Waals surface area contributed by atoms with Crippen molar-refractivity contribution in [1.82, 2.24) is 14.3 Å². The van der Waals surface area contributed by atoms with E-state index in [1.165, 1.54) is 32.2 Å². The monoisotopic (exact) mass is 494 g/mol. The number of amides is 1. The summed E-state index contributed by atoms with van der Waals surface area (Å²) in [4.78, 5) is 25.6. The molecule has 8 nitrogen and oxygen atoms in total. The number of para-hydroxylation sites is 1. The van der Waals surface area contributed by atoms with E-state index in [9.17, 15) is 19.1 Å². The van der Waals surface area contributed by atoms with E-state index in [0.29, 0.717) is 6.42 Å². The van der Waals surface area contributed by atoms with Gasteiger partial charge in [0.05, 0.1) is 22.4 Å². The molecular formula is C23H25ClF2N4O4. The molecule has 34 heavy (non-hydrogen) atoms. The fourth-order valence-electron chi connectivity index (χ4n) is 3.43. The minimum atomic E-state index is -1.07. The van der Waals surface area contributed by atoms with Crippen LogP contribution in [0.25, 0.3) is 5.69 Å². The van der Waals surface area contributed by atoms with Crippen LogP contribution in [0.4, 0.5) is 14.5 Å². The van der Waals surface area contributed by atoms with Crippen LogP contribution in [0.1, 0.15) is 55.9 Å². The van der Waals surface area contributed by atoms with Crippen molar-refractivity contribution in [2.24, 2.45) is 7.05 Å². The SMILES string of the molecule is CCCC(C)Oc1cc(-n2nc(C(C)O)n(C)c2=O)c(F)cc1C(=O)Nc1c(F)cccc1Cl. The van der Waals surface area contributed by atoms with E-state index in [0.717, 1.165) is 27.8 Å². The van der Waals surface area contributed by atoms with Crippen LogP contribution < -0.4 is 15.7 Å². The summed E-state index contributed by atoms with van der Waals surface area (Å²) in [6, 6.07) is 5.97. The van der Waals surface area contributed by atoms with Gasteiger partial charge in [0.15, 0.2) is 5.82 Å². The first-order valence-corrected chi connectivity index (χ1v) is 11.0. The maximum atomic E-state index is 15.2. The number of benzene rings is 2. The van der Waals surface area contributed by atoms with Gasteiger partial charge in [0.1, 0.15) is 29.2 Å². The van der Waals surface area contributed by atoms with Crippen molar-refractivity contribution < 1.29 is 23.4 Å². The zero-order valence-corrected chi connectivity index (χ0v) is 19.9.